The molecule has 2 aliphatic heterocycles. The monoisotopic (exact) mass is 616 g/mol. The summed E-state index contributed by atoms with van der Waals surface area (Å²) in [6.45, 7) is 2.04. The summed E-state index contributed by atoms with van der Waals surface area (Å²) in [5, 5.41) is 14.8. The van der Waals surface area contributed by atoms with Crippen LogP contribution >= 0.6 is 39.3 Å². The quantitative estimate of drug-likeness (QED) is 0.216. The number of carbonyl (C=O) groups excluding carboxylic acids is 1. The number of para-hydroxylation sites is 1. The van der Waals surface area contributed by atoms with E-state index in [9.17, 15) is 4.79 Å². The van der Waals surface area contributed by atoms with Gasteiger partial charge < -0.3 is 4.74 Å². The topological polar surface area (TPSA) is 57.5 Å². The Morgan fingerprint density at radius 1 is 0.872 bits per heavy atom. The van der Waals surface area contributed by atoms with Crippen LogP contribution in [-0.2, 0) is 14.5 Å². The number of esters is 1. The lowest BCUT2D eigenvalue weighted by Gasteiger charge is -2.47. The van der Waals surface area contributed by atoms with Gasteiger partial charge in [0, 0.05) is 26.2 Å². The van der Waals surface area contributed by atoms with Crippen molar-refractivity contribution in [2.75, 3.05) is 16.6 Å². The van der Waals surface area contributed by atoms with Gasteiger partial charge in [-0.25, -0.2) is 14.8 Å². The second-order valence-corrected chi connectivity index (χ2v) is 11.3. The molecule has 194 valence electrons. The molecule has 2 aliphatic rings. The van der Waals surface area contributed by atoms with E-state index in [1.807, 2.05) is 101 Å². The molecule has 0 fully saturated rings. The fraction of sp³-hybridized carbons (Fsp3) is 0.100. The van der Waals surface area contributed by atoms with Gasteiger partial charge in [0.2, 0.25) is 10.0 Å². The predicted octanol–water partition coefficient (Wildman–Crippen LogP) is 7.62. The number of anilines is 2. The number of ether oxygens (including phenoxy) is 1. The lowest BCUT2D eigenvalue weighted by atomic mass is 9.93. The Kier molecular flexibility index (Phi) is 6.93. The first-order valence-electron chi connectivity index (χ1n) is 12.3. The standard InChI is InChI=1S/C30H22BrClN4O2S/c1-2-38-29(37)28-34-36(24-18-14-21(31)15-19-24)30(39-28)26-11-7-6-10-25(26)27(20-12-16-22(32)17-13-20)33-35(30)23-8-4-3-5-9-23/h3-19H,2H2,1H3/t30-/m0/s1. The van der Waals surface area contributed by atoms with Crippen LogP contribution in [0.25, 0.3) is 0 Å². The molecule has 0 bridgehead atoms. The average Bonchev–Trinajstić information content (AvgIpc) is 3.36. The van der Waals surface area contributed by atoms with Gasteiger partial charge in [0.1, 0.15) is 0 Å². The van der Waals surface area contributed by atoms with Crippen molar-refractivity contribution in [3.8, 4) is 0 Å². The number of nitrogens with zero attached hydrogens (tertiary/aromatic N) is 4. The SMILES string of the molecule is CCOC(=O)C1=NN(c2ccc(Br)cc2)[C@]2(S1)c1ccccc1C(c1ccc(Cl)cc1)=NN2c1ccccc1. The molecule has 0 aliphatic carbocycles. The smallest absolute Gasteiger partial charge is 0.365 e. The van der Waals surface area contributed by atoms with Crippen LogP contribution in [0.3, 0.4) is 0 Å². The molecule has 6 rings (SSSR count). The molecule has 4 aromatic rings. The van der Waals surface area contributed by atoms with E-state index < -0.39 is 11.0 Å². The van der Waals surface area contributed by atoms with E-state index in [1.54, 1.807) is 6.92 Å². The summed E-state index contributed by atoms with van der Waals surface area (Å²) >= 11 is 11.1. The van der Waals surface area contributed by atoms with Crippen molar-refractivity contribution < 1.29 is 9.53 Å². The minimum absolute atomic E-state index is 0.251. The summed E-state index contributed by atoms with van der Waals surface area (Å²) < 4.78 is 6.34. The van der Waals surface area contributed by atoms with Gasteiger partial charge in [-0.3, -0.25) is 0 Å². The van der Waals surface area contributed by atoms with E-state index in [-0.39, 0.29) is 11.7 Å². The molecule has 0 aromatic heterocycles. The second-order valence-electron chi connectivity index (χ2n) is 8.77. The van der Waals surface area contributed by atoms with Gasteiger partial charge in [-0.05, 0) is 67.2 Å². The Morgan fingerprint density at radius 3 is 2.23 bits per heavy atom. The first-order valence-corrected chi connectivity index (χ1v) is 14.3. The van der Waals surface area contributed by atoms with E-state index in [1.165, 1.54) is 11.8 Å². The van der Waals surface area contributed by atoms with Gasteiger partial charge in [0.15, 0.2) is 0 Å². The fourth-order valence-electron chi connectivity index (χ4n) is 4.68. The molecule has 0 amide bonds. The van der Waals surface area contributed by atoms with E-state index in [0.29, 0.717) is 5.02 Å². The van der Waals surface area contributed by atoms with Gasteiger partial charge in [0.05, 0.1) is 23.7 Å². The number of halogens is 2. The normalized spacial score (nSPS) is 18.0. The van der Waals surface area contributed by atoms with E-state index in [0.717, 1.165) is 38.2 Å². The van der Waals surface area contributed by atoms with Crippen LogP contribution in [0, 0.1) is 0 Å². The largest absolute Gasteiger partial charge is 0.461 e. The van der Waals surface area contributed by atoms with E-state index >= 15 is 0 Å². The molecular formula is C30H22BrClN4O2S. The lowest BCUT2D eigenvalue weighted by molar-refractivity contribution is -0.134. The first kappa shape index (κ1) is 25.7. The number of hydrogen-bond donors (Lipinski definition) is 0. The van der Waals surface area contributed by atoms with Crippen LogP contribution in [0.1, 0.15) is 23.6 Å². The molecule has 9 heteroatoms. The summed E-state index contributed by atoms with van der Waals surface area (Å²) in [5.41, 5.74) is 5.22. The Hall–Kier alpha value is -3.59. The minimum atomic E-state index is -1.05. The second kappa shape index (κ2) is 10.5. The van der Waals surface area contributed by atoms with Crippen LogP contribution in [0.15, 0.2) is 118 Å². The molecular weight excluding hydrogens is 596 g/mol. The molecule has 0 unspecified atom stereocenters. The molecule has 6 nitrogen and oxygen atoms in total. The van der Waals surface area contributed by atoms with Crippen LogP contribution in [0.2, 0.25) is 5.02 Å². The van der Waals surface area contributed by atoms with Gasteiger partial charge >= 0.3 is 5.97 Å². The zero-order valence-electron chi connectivity index (χ0n) is 20.8. The Bertz CT molecular complexity index is 1600. The van der Waals surface area contributed by atoms with Crippen molar-refractivity contribution in [3.63, 3.8) is 0 Å². The van der Waals surface area contributed by atoms with Gasteiger partial charge in [-0.15, -0.1) is 0 Å². The third-order valence-corrected chi connectivity index (χ3v) is 8.45. The summed E-state index contributed by atoms with van der Waals surface area (Å²) in [7, 11) is 0. The van der Waals surface area contributed by atoms with Gasteiger partial charge in [-0.1, -0.05) is 82.1 Å². The maximum Gasteiger partial charge on any atom is 0.365 e. The Morgan fingerprint density at radius 2 is 1.51 bits per heavy atom. The maximum absolute atomic E-state index is 13.1. The average molecular weight is 618 g/mol. The summed E-state index contributed by atoms with van der Waals surface area (Å²) in [4.78, 5) is 12.0. The summed E-state index contributed by atoms with van der Waals surface area (Å²) in [5.74, 6) is -0.473. The molecule has 1 spiro atoms. The van der Waals surface area contributed by atoms with Gasteiger partial charge in [0.25, 0.3) is 0 Å². The van der Waals surface area contributed by atoms with E-state index in [2.05, 4.69) is 28.1 Å². The number of benzene rings is 4. The molecule has 0 radical (unpaired) electrons. The van der Waals surface area contributed by atoms with Crippen molar-refractivity contribution in [2.24, 2.45) is 10.2 Å². The van der Waals surface area contributed by atoms with Crippen molar-refractivity contribution in [3.05, 3.63) is 129 Å². The van der Waals surface area contributed by atoms with Crippen molar-refractivity contribution in [1.82, 2.24) is 0 Å². The number of hydrazone groups is 2. The highest BCUT2D eigenvalue weighted by atomic mass is 79.9. The molecule has 0 N–H and O–H groups in total. The number of carbonyl (C=O) groups is 1. The van der Waals surface area contributed by atoms with Crippen LogP contribution in [-0.4, -0.2) is 23.3 Å². The van der Waals surface area contributed by atoms with Crippen molar-refractivity contribution in [2.45, 2.75) is 11.9 Å². The predicted molar refractivity (Wildman–Crippen MR) is 162 cm³/mol. The number of hydrogen-bond acceptors (Lipinski definition) is 7. The molecule has 39 heavy (non-hydrogen) atoms. The third kappa shape index (κ3) is 4.52. The fourth-order valence-corrected chi connectivity index (χ4v) is 6.36. The summed E-state index contributed by atoms with van der Waals surface area (Å²) in [6.07, 6.45) is 0. The van der Waals surface area contributed by atoms with Crippen molar-refractivity contribution >= 4 is 67.4 Å². The van der Waals surface area contributed by atoms with Gasteiger partial charge in [-0.2, -0.15) is 10.2 Å². The molecule has 2 heterocycles. The first-order chi connectivity index (χ1) is 19.0. The lowest BCUT2D eigenvalue weighted by Crippen LogP contribution is -2.54. The molecule has 0 saturated heterocycles. The molecule has 4 aromatic carbocycles. The highest BCUT2D eigenvalue weighted by Crippen LogP contribution is 2.55. The number of fused-ring (bicyclic) bond motifs is 2. The zero-order chi connectivity index (χ0) is 27.0. The highest BCUT2D eigenvalue weighted by molar-refractivity contribution is 9.10. The number of rotatable bonds is 5. The van der Waals surface area contributed by atoms with Crippen LogP contribution < -0.4 is 10.0 Å². The summed E-state index contributed by atoms with van der Waals surface area (Å²) in [6, 6.07) is 33.5. The van der Waals surface area contributed by atoms with E-state index in [4.69, 9.17) is 26.5 Å². The van der Waals surface area contributed by atoms with Crippen LogP contribution in [0.5, 0.6) is 0 Å². The number of thioether (sulfide) groups is 1. The molecule has 0 saturated carbocycles. The van der Waals surface area contributed by atoms with Crippen LogP contribution in [0.4, 0.5) is 11.4 Å². The Labute approximate surface area is 244 Å². The van der Waals surface area contributed by atoms with Crippen molar-refractivity contribution in [1.29, 1.82) is 0 Å². The third-order valence-electron chi connectivity index (χ3n) is 6.38. The highest BCUT2D eigenvalue weighted by Gasteiger charge is 2.56. The Balaban J connectivity index is 1.64. The minimum Gasteiger partial charge on any atom is -0.461 e. The molecule has 1 atom stereocenters. The zero-order valence-corrected chi connectivity index (χ0v) is 24.0. The maximum atomic E-state index is 13.1.